The normalized spacial score (nSPS) is 25.8. The van der Waals surface area contributed by atoms with Crippen LogP contribution in [-0.2, 0) is 4.79 Å². The van der Waals surface area contributed by atoms with Crippen molar-refractivity contribution < 1.29 is 34.1 Å². The highest BCUT2D eigenvalue weighted by atomic mass is 16.6. The number of benzene rings is 1. The van der Waals surface area contributed by atoms with Crippen LogP contribution in [0, 0.1) is 0 Å². The lowest BCUT2D eigenvalue weighted by Crippen LogP contribution is -2.64. The predicted molar refractivity (Wildman–Crippen MR) is 108 cm³/mol. The van der Waals surface area contributed by atoms with E-state index in [1.807, 2.05) is 4.90 Å². The van der Waals surface area contributed by atoms with E-state index in [1.54, 1.807) is 19.1 Å². The first kappa shape index (κ1) is 21.8. The Labute approximate surface area is 179 Å². The maximum atomic E-state index is 12.1. The van der Waals surface area contributed by atoms with Crippen molar-refractivity contribution in [2.24, 2.45) is 11.5 Å². The third-order valence-corrected chi connectivity index (χ3v) is 6.16. The smallest absolute Gasteiger partial charge is 0.434 e. The molecule has 3 aliphatic rings. The molecule has 2 aliphatic heterocycles. The van der Waals surface area contributed by atoms with E-state index < -0.39 is 24.1 Å². The fraction of sp³-hybridized carbons (Fsp3) is 0.579. The van der Waals surface area contributed by atoms with Crippen molar-refractivity contribution >= 4 is 18.6 Å². The van der Waals surface area contributed by atoms with Crippen molar-refractivity contribution in [3.05, 3.63) is 23.3 Å². The highest BCUT2D eigenvalue weighted by molar-refractivity contribution is 6.62. The molecule has 1 amide bonds. The van der Waals surface area contributed by atoms with Gasteiger partial charge in [0.15, 0.2) is 0 Å². The fourth-order valence-electron chi connectivity index (χ4n) is 4.43. The summed E-state index contributed by atoms with van der Waals surface area (Å²) in [5.41, 5.74) is 10.7. The van der Waals surface area contributed by atoms with Crippen molar-refractivity contribution in [3.8, 4) is 11.5 Å². The predicted octanol–water partition coefficient (Wildman–Crippen LogP) is -2.92. The minimum Gasteiger partial charge on any atom is -0.669 e. The Balaban J connectivity index is 1.41. The molecule has 1 aromatic carbocycles. The maximum absolute atomic E-state index is 12.1. The molecule has 7 N–H and O–H groups in total. The molecule has 1 aliphatic carbocycles. The summed E-state index contributed by atoms with van der Waals surface area (Å²) in [7, 11) is 0. The summed E-state index contributed by atoms with van der Waals surface area (Å²) in [6, 6.07) is 3.25. The van der Waals surface area contributed by atoms with Gasteiger partial charge < -0.3 is 46.1 Å². The number of hydrogen-bond donors (Lipinski definition) is 5. The number of amides is 1. The quantitative estimate of drug-likeness (QED) is 0.266. The molecule has 0 aromatic heterocycles. The minimum absolute atomic E-state index is 0.0466. The summed E-state index contributed by atoms with van der Waals surface area (Å²) in [6.07, 6.45) is 0.205. The summed E-state index contributed by atoms with van der Waals surface area (Å²) in [4.78, 5) is 25.9. The number of nitrogens with one attached hydrogen (secondary N) is 1. The number of nitrogens with zero attached hydrogens (tertiary/aromatic N) is 1. The molecule has 11 nitrogen and oxygen atoms in total. The van der Waals surface area contributed by atoms with Crippen molar-refractivity contribution in [1.82, 2.24) is 10.2 Å². The largest absolute Gasteiger partial charge is 0.669 e. The molecule has 2 heterocycles. The number of carbonyl (C=O) groups is 2. The summed E-state index contributed by atoms with van der Waals surface area (Å²) >= 11 is 0. The lowest BCUT2D eigenvalue weighted by molar-refractivity contribution is -0.255. The standard InChI is InChI=1S/C19H28BN4O7/c1-19(22,18(27)23-5-4-21)9-24-7-10(8-24)30-14-3-2-11-12-6-13(12)20(28,29)31-16(11)15(14)17(25)26/h2-3,10,12-13,28-29H,4-9,21-22H2,1H3,(H,23,27)(H,25,26)/q-1/p-1/t12-,13-,19+/m0/s1. The number of carbonyl (C=O) groups excluding carboxylic acids is 2. The summed E-state index contributed by atoms with van der Waals surface area (Å²) in [6.45, 7) is 0.365. The van der Waals surface area contributed by atoms with Crippen LogP contribution in [0.15, 0.2) is 12.1 Å². The van der Waals surface area contributed by atoms with Gasteiger partial charge in [0.25, 0.3) is 0 Å². The van der Waals surface area contributed by atoms with Gasteiger partial charge in [-0.3, -0.25) is 9.69 Å². The molecule has 12 heteroatoms. The van der Waals surface area contributed by atoms with Gasteiger partial charge >= 0.3 is 6.75 Å². The third kappa shape index (κ3) is 4.09. The van der Waals surface area contributed by atoms with E-state index in [4.69, 9.17) is 20.9 Å². The molecule has 0 spiro atoms. The molecule has 170 valence electrons. The molecule has 4 rings (SSSR count). The molecular weight excluding hydrogens is 407 g/mol. The highest BCUT2D eigenvalue weighted by Gasteiger charge is 2.55. The average Bonchev–Trinajstić information content (AvgIpc) is 3.45. The van der Waals surface area contributed by atoms with E-state index in [0.29, 0.717) is 44.7 Å². The van der Waals surface area contributed by atoms with Gasteiger partial charge in [-0.2, -0.15) is 0 Å². The van der Waals surface area contributed by atoms with Crippen LogP contribution in [0.2, 0.25) is 5.82 Å². The zero-order valence-corrected chi connectivity index (χ0v) is 17.2. The molecular formula is C19H27BN4O7-2. The second-order valence-corrected chi connectivity index (χ2v) is 8.92. The Morgan fingerprint density at radius 2 is 2.13 bits per heavy atom. The molecule has 0 bridgehead atoms. The number of fused-ring (bicyclic) bond motifs is 3. The zero-order chi connectivity index (χ0) is 22.6. The second-order valence-electron chi connectivity index (χ2n) is 8.92. The van der Waals surface area contributed by atoms with Crippen molar-refractivity contribution in [2.75, 3.05) is 32.7 Å². The first-order chi connectivity index (χ1) is 14.5. The van der Waals surface area contributed by atoms with Gasteiger partial charge in [0.2, 0.25) is 5.91 Å². The van der Waals surface area contributed by atoms with E-state index in [1.165, 1.54) is 0 Å². The Bertz CT molecular complexity index is 903. The number of rotatable bonds is 8. The lowest BCUT2D eigenvalue weighted by atomic mass is 9.68. The molecule has 3 atom stereocenters. The van der Waals surface area contributed by atoms with Gasteiger partial charge in [-0.1, -0.05) is 18.3 Å². The Morgan fingerprint density at radius 3 is 2.77 bits per heavy atom. The van der Waals surface area contributed by atoms with Gasteiger partial charge in [0.05, 0.1) is 17.3 Å². The van der Waals surface area contributed by atoms with Crippen molar-refractivity contribution in [3.63, 3.8) is 0 Å². The molecule has 0 radical (unpaired) electrons. The van der Waals surface area contributed by atoms with Crippen LogP contribution in [-0.4, -0.2) is 77.9 Å². The second kappa shape index (κ2) is 7.64. The number of carboxylic acid groups (broad SMARTS) is 1. The van der Waals surface area contributed by atoms with E-state index in [9.17, 15) is 24.7 Å². The SMILES string of the molecule is C[C@@](N)(CN1CC(Oc2ccc3c(c2C(=O)[O-])O[B-](O)(O)[C@H]2C[C@@H]32)C1)C(=O)NCCN. The number of ether oxygens (including phenoxy) is 1. The van der Waals surface area contributed by atoms with Crippen LogP contribution in [0.4, 0.5) is 0 Å². The first-order valence-corrected chi connectivity index (χ1v) is 10.4. The van der Waals surface area contributed by atoms with Gasteiger partial charge in [0.1, 0.15) is 17.4 Å². The van der Waals surface area contributed by atoms with Gasteiger partial charge in [0, 0.05) is 32.7 Å². The number of hydrogen-bond acceptors (Lipinski definition) is 10. The van der Waals surface area contributed by atoms with E-state index in [0.717, 1.165) is 0 Å². The van der Waals surface area contributed by atoms with E-state index in [-0.39, 0.29) is 35.0 Å². The van der Waals surface area contributed by atoms with E-state index in [2.05, 4.69) is 5.32 Å². The lowest BCUT2D eigenvalue weighted by Gasteiger charge is -2.43. The highest BCUT2D eigenvalue weighted by Crippen LogP contribution is 2.63. The summed E-state index contributed by atoms with van der Waals surface area (Å²) in [5.74, 6) is -2.42. The van der Waals surface area contributed by atoms with E-state index >= 15 is 0 Å². The number of nitrogens with two attached hydrogens (primary N) is 2. The topological polar surface area (TPSA) is 183 Å². The van der Waals surface area contributed by atoms with Crippen molar-refractivity contribution in [2.45, 2.75) is 36.7 Å². The van der Waals surface area contributed by atoms with Crippen LogP contribution in [0.5, 0.6) is 11.5 Å². The van der Waals surface area contributed by atoms with Crippen molar-refractivity contribution in [1.29, 1.82) is 0 Å². The number of aromatic carboxylic acids is 1. The minimum atomic E-state index is -3.12. The summed E-state index contributed by atoms with van der Waals surface area (Å²) < 4.78 is 11.1. The molecule has 2 fully saturated rings. The first-order valence-electron chi connectivity index (χ1n) is 10.4. The molecule has 0 unspecified atom stereocenters. The van der Waals surface area contributed by atoms with Gasteiger partial charge in [-0.15, -0.1) is 0 Å². The Hall–Kier alpha value is -2.38. The zero-order valence-electron chi connectivity index (χ0n) is 17.2. The third-order valence-electron chi connectivity index (χ3n) is 6.16. The van der Waals surface area contributed by atoms with Crippen LogP contribution >= 0.6 is 0 Å². The van der Waals surface area contributed by atoms with Crippen LogP contribution in [0.1, 0.15) is 35.2 Å². The van der Waals surface area contributed by atoms with Gasteiger partial charge in [-0.05, 0) is 24.5 Å². The van der Waals surface area contributed by atoms with Crippen LogP contribution < -0.4 is 31.3 Å². The molecule has 1 aromatic rings. The molecule has 31 heavy (non-hydrogen) atoms. The van der Waals surface area contributed by atoms with Crippen LogP contribution in [0.3, 0.4) is 0 Å². The number of carboxylic acids is 1. The van der Waals surface area contributed by atoms with Gasteiger partial charge in [-0.25, -0.2) is 0 Å². The maximum Gasteiger partial charge on any atom is 0.434 e. The monoisotopic (exact) mass is 434 g/mol. The molecule has 1 saturated carbocycles. The average molecular weight is 434 g/mol. The summed E-state index contributed by atoms with van der Waals surface area (Å²) in [5, 5.41) is 34.7. The molecule has 1 saturated heterocycles. The Morgan fingerprint density at radius 1 is 1.42 bits per heavy atom. The van der Waals surface area contributed by atoms with Crippen LogP contribution in [0.25, 0.3) is 0 Å². The Kier molecular flexibility index (Phi) is 5.38. The number of likely N-dealkylation sites (tertiary alicyclic amines) is 1. The fourth-order valence-corrected chi connectivity index (χ4v) is 4.43.